The Hall–Kier alpha value is -0.930. The van der Waals surface area contributed by atoms with Crippen molar-refractivity contribution >= 4 is 0 Å². The molecule has 2 rings (SSSR count). The fraction of sp³-hybridized carbons (Fsp3) is 0.538. The average Bonchev–Trinajstić information content (AvgIpc) is 2.69. The molecule has 88 valence electrons. The number of hydrogen-bond donors (Lipinski definition) is 1. The summed E-state index contributed by atoms with van der Waals surface area (Å²) in [5.74, 6) is 0.282. The van der Waals surface area contributed by atoms with Crippen LogP contribution in [-0.4, -0.2) is 19.8 Å². The SMILES string of the molecule is CNC(c1ccc(F)cc1)C1CCOC1C. The van der Waals surface area contributed by atoms with Crippen LogP contribution in [0.4, 0.5) is 4.39 Å². The first-order valence-corrected chi connectivity index (χ1v) is 5.76. The number of nitrogens with one attached hydrogen (secondary N) is 1. The van der Waals surface area contributed by atoms with E-state index in [1.807, 2.05) is 19.2 Å². The van der Waals surface area contributed by atoms with Gasteiger partial charge in [0.05, 0.1) is 6.10 Å². The molecule has 1 heterocycles. The van der Waals surface area contributed by atoms with Crippen LogP contribution in [0.1, 0.15) is 24.9 Å². The Morgan fingerprint density at radius 1 is 1.38 bits per heavy atom. The summed E-state index contributed by atoms with van der Waals surface area (Å²) in [6.45, 7) is 2.93. The molecule has 0 aliphatic carbocycles. The van der Waals surface area contributed by atoms with Gasteiger partial charge in [-0.2, -0.15) is 0 Å². The van der Waals surface area contributed by atoms with Crippen LogP contribution in [0.15, 0.2) is 24.3 Å². The minimum Gasteiger partial charge on any atom is -0.378 e. The third-order valence-electron chi connectivity index (χ3n) is 3.40. The molecule has 1 saturated heterocycles. The van der Waals surface area contributed by atoms with Crippen LogP contribution in [0.3, 0.4) is 0 Å². The van der Waals surface area contributed by atoms with E-state index in [4.69, 9.17) is 4.74 Å². The maximum Gasteiger partial charge on any atom is 0.123 e. The van der Waals surface area contributed by atoms with Crippen molar-refractivity contribution in [3.63, 3.8) is 0 Å². The molecule has 1 aliphatic heterocycles. The van der Waals surface area contributed by atoms with Gasteiger partial charge in [-0.3, -0.25) is 0 Å². The first-order chi connectivity index (χ1) is 7.72. The van der Waals surface area contributed by atoms with Crippen LogP contribution in [0.2, 0.25) is 0 Å². The largest absolute Gasteiger partial charge is 0.378 e. The van der Waals surface area contributed by atoms with Crippen molar-refractivity contribution in [2.45, 2.75) is 25.5 Å². The highest BCUT2D eigenvalue weighted by Gasteiger charge is 2.31. The first kappa shape index (κ1) is 11.6. The van der Waals surface area contributed by atoms with E-state index >= 15 is 0 Å². The molecule has 1 aromatic rings. The molecule has 1 aromatic carbocycles. The van der Waals surface area contributed by atoms with E-state index in [2.05, 4.69) is 12.2 Å². The van der Waals surface area contributed by atoms with Crippen molar-refractivity contribution in [1.29, 1.82) is 0 Å². The molecule has 1 aliphatic rings. The summed E-state index contributed by atoms with van der Waals surface area (Å²) in [7, 11) is 1.94. The normalized spacial score (nSPS) is 26.9. The lowest BCUT2D eigenvalue weighted by molar-refractivity contribution is 0.0963. The number of ether oxygens (including phenoxy) is 1. The molecule has 0 bridgehead atoms. The summed E-state index contributed by atoms with van der Waals surface area (Å²) >= 11 is 0. The zero-order chi connectivity index (χ0) is 11.5. The smallest absolute Gasteiger partial charge is 0.123 e. The van der Waals surface area contributed by atoms with Gasteiger partial charge in [-0.15, -0.1) is 0 Å². The molecule has 3 heteroatoms. The van der Waals surface area contributed by atoms with Gasteiger partial charge >= 0.3 is 0 Å². The summed E-state index contributed by atoms with van der Waals surface area (Å²) < 4.78 is 18.4. The Morgan fingerprint density at radius 3 is 2.56 bits per heavy atom. The van der Waals surface area contributed by atoms with Gasteiger partial charge in [0.1, 0.15) is 5.82 Å². The molecular weight excluding hydrogens is 205 g/mol. The standard InChI is InChI=1S/C13H18FNO/c1-9-12(7-8-16-9)13(15-2)10-3-5-11(14)6-4-10/h3-6,9,12-13,15H,7-8H2,1-2H3. The maximum atomic E-state index is 12.9. The monoisotopic (exact) mass is 223 g/mol. The summed E-state index contributed by atoms with van der Waals surface area (Å²) in [5.41, 5.74) is 1.13. The van der Waals surface area contributed by atoms with Crippen molar-refractivity contribution in [3.05, 3.63) is 35.6 Å². The highest BCUT2D eigenvalue weighted by atomic mass is 19.1. The third kappa shape index (κ3) is 2.25. The number of halogens is 1. The molecule has 0 radical (unpaired) electrons. The lowest BCUT2D eigenvalue weighted by Gasteiger charge is -2.25. The van der Waals surface area contributed by atoms with Gasteiger partial charge in [0.15, 0.2) is 0 Å². The second-order valence-corrected chi connectivity index (χ2v) is 4.35. The Balaban J connectivity index is 2.18. The zero-order valence-electron chi connectivity index (χ0n) is 9.74. The van der Waals surface area contributed by atoms with E-state index in [1.54, 1.807) is 0 Å². The lowest BCUT2D eigenvalue weighted by atomic mass is 9.88. The highest BCUT2D eigenvalue weighted by Crippen LogP contribution is 2.32. The van der Waals surface area contributed by atoms with Gasteiger partial charge in [-0.05, 0) is 38.1 Å². The van der Waals surface area contributed by atoms with Crippen molar-refractivity contribution in [2.75, 3.05) is 13.7 Å². The summed E-state index contributed by atoms with van der Waals surface area (Å²) in [4.78, 5) is 0. The number of rotatable bonds is 3. The molecule has 0 aromatic heterocycles. The predicted molar refractivity (Wildman–Crippen MR) is 61.7 cm³/mol. The van der Waals surface area contributed by atoms with E-state index < -0.39 is 0 Å². The summed E-state index contributed by atoms with van der Waals surface area (Å²) in [5, 5.41) is 3.31. The second kappa shape index (κ2) is 4.93. The van der Waals surface area contributed by atoms with Gasteiger partial charge in [0, 0.05) is 18.6 Å². The molecule has 16 heavy (non-hydrogen) atoms. The van der Waals surface area contributed by atoms with Crippen molar-refractivity contribution < 1.29 is 9.13 Å². The van der Waals surface area contributed by atoms with Gasteiger partial charge in [0.25, 0.3) is 0 Å². The molecule has 1 N–H and O–H groups in total. The third-order valence-corrected chi connectivity index (χ3v) is 3.40. The van der Waals surface area contributed by atoms with Crippen LogP contribution < -0.4 is 5.32 Å². The molecular formula is C13H18FNO. The van der Waals surface area contributed by atoms with Gasteiger partial charge < -0.3 is 10.1 Å². The molecule has 3 atom stereocenters. The molecule has 1 fully saturated rings. The molecule has 3 unspecified atom stereocenters. The Morgan fingerprint density at radius 2 is 2.06 bits per heavy atom. The number of benzene rings is 1. The van der Waals surface area contributed by atoms with Crippen molar-refractivity contribution in [1.82, 2.24) is 5.32 Å². The fourth-order valence-electron chi connectivity index (χ4n) is 2.48. The first-order valence-electron chi connectivity index (χ1n) is 5.76. The Bertz CT molecular complexity index is 338. The van der Waals surface area contributed by atoms with Crippen LogP contribution in [0.5, 0.6) is 0 Å². The van der Waals surface area contributed by atoms with E-state index in [9.17, 15) is 4.39 Å². The molecule has 0 saturated carbocycles. The van der Waals surface area contributed by atoms with Gasteiger partial charge in [-0.25, -0.2) is 4.39 Å². The minimum absolute atomic E-state index is 0.186. The van der Waals surface area contributed by atoms with Gasteiger partial charge in [0.2, 0.25) is 0 Å². The van der Waals surface area contributed by atoms with Crippen LogP contribution >= 0.6 is 0 Å². The topological polar surface area (TPSA) is 21.3 Å². The second-order valence-electron chi connectivity index (χ2n) is 4.35. The van der Waals surface area contributed by atoms with Crippen LogP contribution in [0.25, 0.3) is 0 Å². The molecule has 2 nitrogen and oxygen atoms in total. The van der Waals surface area contributed by atoms with E-state index in [1.165, 1.54) is 12.1 Å². The van der Waals surface area contributed by atoms with E-state index in [0.29, 0.717) is 5.92 Å². The van der Waals surface area contributed by atoms with Gasteiger partial charge in [-0.1, -0.05) is 12.1 Å². The zero-order valence-corrected chi connectivity index (χ0v) is 9.74. The summed E-state index contributed by atoms with van der Waals surface area (Å²) in [6, 6.07) is 6.97. The Labute approximate surface area is 95.8 Å². The quantitative estimate of drug-likeness (QED) is 0.850. The fourth-order valence-corrected chi connectivity index (χ4v) is 2.48. The number of hydrogen-bond acceptors (Lipinski definition) is 2. The maximum absolute atomic E-state index is 12.9. The minimum atomic E-state index is -0.186. The summed E-state index contributed by atoms with van der Waals surface area (Å²) in [6.07, 6.45) is 1.33. The highest BCUT2D eigenvalue weighted by molar-refractivity contribution is 5.21. The van der Waals surface area contributed by atoms with E-state index in [0.717, 1.165) is 18.6 Å². The van der Waals surface area contributed by atoms with Crippen LogP contribution in [-0.2, 0) is 4.74 Å². The van der Waals surface area contributed by atoms with Crippen molar-refractivity contribution in [3.8, 4) is 0 Å². The van der Waals surface area contributed by atoms with Crippen molar-refractivity contribution in [2.24, 2.45) is 5.92 Å². The van der Waals surface area contributed by atoms with Crippen LogP contribution in [0, 0.1) is 11.7 Å². The lowest BCUT2D eigenvalue weighted by Crippen LogP contribution is -2.29. The van der Waals surface area contributed by atoms with E-state index in [-0.39, 0.29) is 18.0 Å². The molecule has 0 amide bonds. The molecule has 0 spiro atoms. The average molecular weight is 223 g/mol. The Kier molecular flexibility index (Phi) is 3.56. The predicted octanol–water partition coefficient (Wildman–Crippen LogP) is 2.51.